The summed E-state index contributed by atoms with van der Waals surface area (Å²) in [4.78, 5) is 11.3. The Kier molecular flexibility index (Phi) is 2.00. The summed E-state index contributed by atoms with van der Waals surface area (Å²) in [5.74, 6) is 0.874. The van der Waals surface area contributed by atoms with Gasteiger partial charge in [-0.05, 0) is 19.3 Å². The number of hydrogen-bond donors (Lipinski definition) is 0. The van der Waals surface area contributed by atoms with Crippen LogP contribution >= 0.6 is 11.3 Å². The molecule has 1 aliphatic carbocycles. The van der Waals surface area contributed by atoms with Gasteiger partial charge in [0.25, 0.3) is 0 Å². The van der Waals surface area contributed by atoms with Crippen molar-refractivity contribution < 1.29 is 0 Å². The minimum atomic E-state index is 0.0909. The van der Waals surface area contributed by atoms with Crippen LogP contribution in [0.4, 0.5) is 0 Å². The predicted molar refractivity (Wildman–Crippen MR) is 48.5 cm³/mol. The molecule has 4 heteroatoms. The molecular weight excluding hydrogens is 172 g/mol. The molecule has 2 rings (SSSR count). The van der Waals surface area contributed by atoms with Crippen molar-refractivity contribution in [3.05, 3.63) is 14.7 Å². The first kappa shape index (κ1) is 7.98. The van der Waals surface area contributed by atoms with Crippen LogP contribution < -0.4 is 4.87 Å². The fourth-order valence-corrected chi connectivity index (χ4v) is 1.89. The highest BCUT2D eigenvalue weighted by Gasteiger charge is 2.21. The first-order valence-corrected chi connectivity index (χ1v) is 5.12. The van der Waals surface area contributed by atoms with Crippen LogP contribution in [0.15, 0.2) is 4.79 Å². The molecule has 0 amide bonds. The summed E-state index contributed by atoms with van der Waals surface area (Å²) >= 11 is 1.24. The van der Waals surface area contributed by atoms with Crippen LogP contribution in [0.5, 0.6) is 0 Å². The monoisotopic (exact) mass is 184 g/mol. The van der Waals surface area contributed by atoms with E-state index >= 15 is 0 Å². The molecule has 0 bridgehead atoms. The van der Waals surface area contributed by atoms with Gasteiger partial charge in [-0.2, -0.15) is 5.10 Å². The zero-order chi connectivity index (χ0) is 8.55. The van der Waals surface area contributed by atoms with Crippen molar-refractivity contribution >= 4 is 11.3 Å². The van der Waals surface area contributed by atoms with Gasteiger partial charge in [-0.3, -0.25) is 4.79 Å². The van der Waals surface area contributed by atoms with E-state index in [1.54, 1.807) is 4.68 Å². The first-order valence-electron chi connectivity index (χ1n) is 4.30. The van der Waals surface area contributed by atoms with Crippen LogP contribution in [0.3, 0.4) is 0 Å². The smallest absolute Gasteiger partial charge is 0.255 e. The normalized spacial score (nSPS) is 16.8. The van der Waals surface area contributed by atoms with Gasteiger partial charge in [-0.15, -0.1) is 0 Å². The van der Waals surface area contributed by atoms with Gasteiger partial charge >= 0.3 is 4.87 Å². The highest BCUT2D eigenvalue weighted by atomic mass is 32.1. The molecule has 0 unspecified atom stereocenters. The third-order valence-electron chi connectivity index (χ3n) is 2.15. The molecule has 0 aromatic carbocycles. The van der Waals surface area contributed by atoms with E-state index in [0.29, 0.717) is 0 Å². The maximum Gasteiger partial charge on any atom is 0.325 e. The van der Waals surface area contributed by atoms with Gasteiger partial charge in [0.15, 0.2) is 0 Å². The van der Waals surface area contributed by atoms with Gasteiger partial charge in [0, 0.05) is 6.54 Å². The zero-order valence-corrected chi connectivity index (χ0v) is 7.93. The molecule has 0 spiro atoms. The molecule has 1 saturated carbocycles. The maximum absolute atomic E-state index is 11.2. The van der Waals surface area contributed by atoms with Crippen LogP contribution in [0.2, 0.25) is 0 Å². The van der Waals surface area contributed by atoms with Crippen molar-refractivity contribution in [2.75, 3.05) is 0 Å². The lowest BCUT2D eigenvalue weighted by Crippen LogP contribution is -2.14. The molecule has 1 aliphatic rings. The number of aromatic nitrogens is 2. The number of aryl methyl sites for hydroxylation is 2. The first-order chi connectivity index (χ1) is 5.75. The van der Waals surface area contributed by atoms with E-state index in [-0.39, 0.29) is 4.87 Å². The maximum atomic E-state index is 11.2. The van der Waals surface area contributed by atoms with Crippen molar-refractivity contribution in [3.8, 4) is 0 Å². The zero-order valence-electron chi connectivity index (χ0n) is 7.12. The fraction of sp³-hybridized carbons (Fsp3) is 0.750. The van der Waals surface area contributed by atoms with E-state index in [1.807, 2.05) is 6.92 Å². The van der Waals surface area contributed by atoms with Crippen LogP contribution in [0.25, 0.3) is 0 Å². The molecule has 1 heterocycles. The molecule has 66 valence electrons. The van der Waals surface area contributed by atoms with E-state index in [1.165, 1.54) is 24.2 Å². The Morgan fingerprint density at radius 2 is 2.42 bits per heavy atom. The second-order valence-corrected chi connectivity index (χ2v) is 4.49. The third kappa shape index (κ3) is 1.75. The summed E-state index contributed by atoms with van der Waals surface area (Å²) < 4.78 is 1.60. The number of nitrogens with zero attached hydrogens (tertiary/aromatic N) is 2. The van der Waals surface area contributed by atoms with Crippen molar-refractivity contribution in [3.63, 3.8) is 0 Å². The molecule has 3 nitrogen and oxygen atoms in total. The van der Waals surface area contributed by atoms with E-state index in [2.05, 4.69) is 5.10 Å². The van der Waals surface area contributed by atoms with Gasteiger partial charge in [0.2, 0.25) is 0 Å². The third-order valence-corrected chi connectivity index (χ3v) is 2.92. The Balaban J connectivity index is 2.00. The number of rotatable bonds is 3. The van der Waals surface area contributed by atoms with E-state index in [9.17, 15) is 4.79 Å². The predicted octanol–water partition coefficient (Wildman–Crippen LogP) is 1.41. The molecule has 0 aliphatic heterocycles. The second-order valence-electron chi connectivity index (χ2n) is 3.34. The molecule has 0 radical (unpaired) electrons. The van der Waals surface area contributed by atoms with Crippen molar-refractivity contribution in [1.82, 2.24) is 9.78 Å². The average molecular weight is 184 g/mol. The lowest BCUT2D eigenvalue weighted by atomic mass is 10.3. The fourth-order valence-electron chi connectivity index (χ4n) is 1.26. The Labute approximate surface area is 75.0 Å². The summed E-state index contributed by atoms with van der Waals surface area (Å²) in [6.45, 7) is 2.69. The molecular formula is C8H12N2OS. The summed E-state index contributed by atoms with van der Waals surface area (Å²) in [5.41, 5.74) is 0. The Hall–Kier alpha value is -0.640. The Bertz CT molecular complexity index is 324. The molecule has 0 saturated heterocycles. The number of hydrogen-bond acceptors (Lipinski definition) is 3. The largest absolute Gasteiger partial charge is 0.325 e. The van der Waals surface area contributed by atoms with E-state index in [4.69, 9.17) is 0 Å². The lowest BCUT2D eigenvalue weighted by molar-refractivity contribution is 0.532. The minimum Gasteiger partial charge on any atom is -0.255 e. The Morgan fingerprint density at radius 3 is 2.92 bits per heavy atom. The van der Waals surface area contributed by atoms with Gasteiger partial charge in [0.05, 0.1) is 0 Å². The molecule has 0 atom stereocenters. The second kappa shape index (κ2) is 3.01. The van der Waals surface area contributed by atoms with Gasteiger partial charge in [0.1, 0.15) is 5.01 Å². The van der Waals surface area contributed by atoms with Crippen LogP contribution in [0.1, 0.15) is 24.3 Å². The average Bonchev–Trinajstić information content (AvgIpc) is 2.76. The minimum absolute atomic E-state index is 0.0909. The summed E-state index contributed by atoms with van der Waals surface area (Å²) in [6.07, 6.45) is 3.82. The SMILES string of the molecule is Cc1nn(CCC2CC2)c(=O)s1. The Morgan fingerprint density at radius 1 is 1.67 bits per heavy atom. The topological polar surface area (TPSA) is 34.9 Å². The molecule has 12 heavy (non-hydrogen) atoms. The van der Waals surface area contributed by atoms with E-state index in [0.717, 1.165) is 23.9 Å². The highest BCUT2D eigenvalue weighted by molar-refractivity contribution is 7.08. The van der Waals surface area contributed by atoms with Gasteiger partial charge in [-0.25, -0.2) is 4.68 Å². The molecule has 1 aromatic rings. The summed E-state index contributed by atoms with van der Waals surface area (Å²) in [7, 11) is 0. The summed E-state index contributed by atoms with van der Waals surface area (Å²) in [6, 6.07) is 0. The standard InChI is InChI=1S/C8H12N2OS/c1-6-9-10(8(11)12-6)5-4-7-2-3-7/h7H,2-5H2,1H3. The lowest BCUT2D eigenvalue weighted by Gasteiger charge is -1.96. The van der Waals surface area contributed by atoms with E-state index < -0.39 is 0 Å². The van der Waals surface area contributed by atoms with Crippen molar-refractivity contribution in [2.24, 2.45) is 5.92 Å². The summed E-state index contributed by atoms with van der Waals surface area (Å²) in [5, 5.41) is 5.00. The van der Waals surface area contributed by atoms with Crippen molar-refractivity contribution in [1.29, 1.82) is 0 Å². The highest BCUT2D eigenvalue weighted by Crippen LogP contribution is 2.32. The molecule has 1 fully saturated rings. The van der Waals surface area contributed by atoms with Crippen molar-refractivity contribution in [2.45, 2.75) is 32.7 Å². The molecule has 1 aromatic heterocycles. The van der Waals surface area contributed by atoms with Gasteiger partial charge < -0.3 is 0 Å². The van der Waals surface area contributed by atoms with Crippen LogP contribution in [0, 0.1) is 12.8 Å². The van der Waals surface area contributed by atoms with Crippen LogP contribution in [-0.2, 0) is 6.54 Å². The van der Waals surface area contributed by atoms with Crippen LogP contribution in [-0.4, -0.2) is 9.78 Å². The molecule has 0 N–H and O–H groups in total. The quantitative estimate of drug-likeness (QED) is 0.712. The van der Waals surface area contributed by atoms with Gasteiger partial charge in [-0.1, -0.05) is 24.2 Å².